The molecule has 5 amide bonds. The zero-order valence-corrected chi connectivity index (χ0v) is 27.4. The molecule has 6 rings (SSSR count). The van der Waals surface area contributed by atoms with E-state index in [4.69, 9.17) is 4.98 Å². The number of benzene rings is 3. The fourth-order valence-corrected chi connectivity index (χ4v) is 5.75. The highest BCUT2D eigenvalue weighted by Gasteiger charge is 2.37. The number of aromatic nitrogens is 4. The fraction of sp³-hybridized carbons (Fsp3) is 0.250. The van der Waals surface area contributed by atoms with E-state index in [9.17, 15) is 14.4 Å². The summed E-state index contributed by atoms with van der Waals surface area (Å²) in [5.74, 6) is 0.961. The predicted octanol–water partition coefficient (Wildman–Crippen LogP) is 5.90. The third-order valence-corrected chi connectivity index (χ3v) is 8.43. The number of H-pyrrole nitrogens is 2. The normalized spacial score (nSPS) is 14.8. The summed E-state index contributed by atoms with van der Waals surface area (Å²) in [5.41, 5.74) is 6.46. The van der Waals surface area contributed by atoms with E-state index in [1.165, 1.54) is 9.80 Å². The molecule has 246 valence electrons. The molecule has 48 heavy (non-hydrogen) atoms. The van der Waals surface area contributed by atoms with E-state index in [0.717, 1.165) is 57.9 Å². The number of anilines is 1. The first kappa shape index (κ1) is 32.0. The Kier molecular flexibility index (Phi) is 9.24. The summed E-state index contributed by atoms with van der Waals surface area (Å²) in [6, 6.07) is 24.1. The van der Waals surface area contributed by atoms with Gasteiger partial charge >= 0.3 is 12.1 Å². The molecule has 1 fully saturated rings. The number of imidazole rings is 2. The minimum absolute atomic E-state index is 0.156. The molecule has 1 saturated heterocycles. The van der Waals surface area contributed by atoms with Gasteiger partial charge in [-0.2, -0.15) is 0 Å². The number of rotatable bonds is 8. The zero-order valence-electron chi connectivity index (χ0n) is 27.4. The first-order chi connectivity index (χ1) is 23.2. The van der Waals surface area contributed by atoms with Crippen LogP contribution in [0.25, 0.3) is 33.6 Å². The Bertz CT molecular complexity index is 1880. The van der Waals surface area contributed by atoms with Crippen molar-refractivity contribution in [3.63, 3.8) is 0 Å². The Labute approximate surface area is 279 Å². The summed E-state index contributed by atoms with van der Waals surface area (Å²) >= 11 is 0. The van der Waals surface area contributed by atoms with Crippen LogP contribution in [0.1, 0.15) is 36.3 Å². The largest absolute Gasteiger partial charge is 0.340 e. The molecular formula is C36H39N9O3. The second-order valence-electron chi connectivity index (χ2n) is 12.2. The second-order valence-corrected chi connectivity index (χ2v) is 12.2. The maximum absolute atomic E-state index is 13.9. The zero-order chi connectivity index (χ0) is 33.8. The summed E-state index contributed by atoms with van der Waals surface area (Å²) in [4.78, 5) is 58.7. The van der Waals surface area contributed by atoms with Crippen LogP contribution < -0.4 is 10.6 Å². The molecule has 0 saturated carbocycles. The molecule has 1 aliphatic rings. The number of nitrogens with one attached hydrogen (secondary N) is 4. The van der Waals surface area contributed by atoms with Gasteiger partial charge in [0.05, 0.1) is 29.8 Å². The quantitative estimate of drug-likeness (QED) is 0.166. The van der Waals surface area contributed by atoms with Crippen molar-refractivity contribution < 1.29 is 14.4 Å². The molecule has 0 aliphatic carbocycles. The van der Waals surface area contributed by atoms with Gasteiger partial charge in [0.2, 0.25) is 11.9 Å². The van der Waals surface area contributed by atoms with Crippen LogP contribution in [0.2, 0.25) is 0 Å². The Morgan fingerprint density at radius 3 is 1.92 bits per heavy atom. The Morgan fingerprint density at radius 1 is 0.750 bits per heavy atom. The number of carbonyl (C=O) groups is 3. The highest BCUT2D eigenvalue weighted by Crippen LogP contribution is 2.34. The molecule has 12 heteroatoms. The SMILES string of the molecule is CN(C)C(=O)Nc1ncc(-c2ccc(-c3ccc(-c4cnc(C5CCCN5C(=O)[C@H](NC(=O)N(C)C)c5ccccc5)[nH]4)cc3)cc2)[nH]1. The average molecular weight is 646 g/mol. The molecule has 12 nitrogen and oxygen atoms in total. The number of hydrogen-bond acceptors (Lipinski definition) is 5. The van der Waals surface area contributed by atoms with Gasteiger partial charge in [0.1, 0.15) is 11.9 Å². The number of likely N-dealkylation sites (tertiary alicyclic amines) is 1. The molecular weight excluding hydrogens is 606 g/mol. The van der Waals surface area contributed by atoms with Crippen molar-refractivity contribution in [2.24, 2.45) is 0 Å². The Balaban J connectivity index is 1.14. The van der Waals surface area contributed by atoms with Crippen LogP contribution in [0.3, 0.4) is 0 Å². The van der Waals surface area contributed by atoms with Crippen LogP contribution in [-0.2, 0) is 4.79 Å². The summed E-state index contributed by atoms with van der Waals surface area (Å²) in [6.45, 7) is 0.586. The molecule has 0 radical (unpaired) electrons. The smallest absolute Gasteiger partial charge is 0.323 e. The third-order valence-electron chi connectivity index (χ3n) is 8.43. The van der Waals surface area contributed by atoms with E-state index >= 15 is 0 Å². The molecule has 3 aromatic carbocycles. The van der Waals surface area contributed by atoms with Gasteiger partial charge in [-0.15, -0.1) is 0 Å². The number of nitrogens with zero attached hydrogens (tertiary/aromatic N) is 5. The van der Waals surface area contributed by atoms with Gasteiger partial charge < -0.3 is 30.0 Å². The lowest BCUT2D eigenvalue weighted by Gasteiger charge is -2.29. The van der Waals surface area contributed by atoms with Crippen LogP contribution in [0.5, 0.6) is 0 Å². The summed E-state index contributed by atoms with van der Waals surface area (Å²) in [6.07, 6.45) is 5.13. The lowest BCUT2D eigenvalue weighted by atomic mass is 10.0. The number of aromatic amines is 2. The van der Waals surface area contributed by atoms with Gasteiger partial charge in [-0.3, -0.25) is 10.1 Å². The third kappa shape index (κ3) is 6.92. The lowest BCUT2D eigenvalue weighted by molar-refractivity contribution is -0.134. The van der Waals surface area contributed by atoms with Crippen molar-refractivity contribution in [2.75, 3.05) is 40.1 Å². The maximum atomic E-state index is 13.9. The molecule has 2 aromatic heterocycles. The molecule has 4 N–H and O–H groups in total. The lowest BCUT2D eigenvalue weighted by Crippen LogP contribution is -2.45. The maximum Gasteiger partial charge on any atom is 0.323 e. The van der Waals surface area contributed by atoms with Gasteiger partial charge in [0.25, 0.3) is 0 Å². The van der Waals surface area contributed by atoms with Crippen molar-refractivity contribution in [2.45, 2.75) is 24.9 Å². The van der Waals surface area contributed by atoms with E-state index in [2.05, 4.69) is 49.9 Å². The molecule has 0 spiro atoms. The van der Waals surface area contributed by atoms with E-state index < -0.39 is 6.04 Å². The molecule has 1 unspecified atom stereocenters. The Morgan fingerprint density at radius 2 is 1.31 bits per heavy atom. The van der Waals surface area contributed by atoms with Gasteiger partial charge in [0.15, 0.2) is 0 Å². The minimum Gasteiger partial charge on any atom is -0.340 e. The molecule has 5 aromatic rings. The van der Waals surface area contributed by atoms with Crippen molar-refractivity contribution in [1.82, 2.24) is 40.0 Å². The van der Waals surface area contributed by atoms with Crippen LogP contribution in [0, 0.1) is 0 Å². The molecule has 2 atom stereocenters. The van der Waals surface area contributed by atoms with Crippen LogP contribution >= 0.6 is 0 Å². The van der Waals surface area contributed by atoms with Crippen LogP contribution in [-0.4, -0.2) is 87.3 Å². The topological polar surface area (TPSA) is 142 Å². The van der Waals surface area contributed by atoms with Gasteiger partial charge in [0, 0.05) is 34.7 Å². The number of carbonyl (C=O) groups excluding carboxylic acids is 3. The second kappa shape index (κ2) is 13.8. The van der Waals surface area contributed by atoms with Crippen molar-refractivity contribution in [1.29, 1.82) is 0 Å². The van der Waals surface area contributed by atoms with Gasteiger partial charge in [-0.25, -0.2) is 19.6 Å². The average Bonchev–Trinajstić information content (AvgIpc) is 3.89. The Hall–Kier alpha value is -5.91. The molecule has 0 bridgehead atoms. The predicted molar refractivity (Wildman–Crippen MR) is 185 cm³/mol. The standard InChI is InChI=1S/C36H39N9O3/c1-43(2)35(47)41-31(27-9-6-5-7-10-27)33(46)45-20-8-11-30(45)32-37-21-28(39-32)25-16-12-23(13-17-25)24-14-18-26(19-15-24)29-22-38-34(40-29)42-36(48)44(3)4/h5-7,9-10,12-19,21-22,30-31H,8,11,20H2,1-4H3,(H,37,39)(H,41,47)(H2,38,40,42,48)/t30?,31-/m1/s1. The van der Waals surface area contributed by atoms with Gasteiger partial charge in [-0.05, 0) is 40.7 Å². The van der Waals surface area contributed by atoms with Gasteiger partial charge in [-0.1, -0.05) is 78.9 Å². The number of hydrogen-bond donors (Lipinski definition) is 4. The van der Waals surface area contributed by atoms with Crippen molar-refractivity contribution >= 4 is 23.9 Å². The monoisotopic (exact) mass is 645 g/mol. The van der Waals surface area contributed by atoms with Crippen molar-refractivity contribution in [3.05, 3.63) is 103 Å². The number of urea groups is 2. The summed E-state index contributed by atoms with van der Waals surface area (Å²) in [5, 5.41) is 5.61. The first-order valence-electron chi connectivity index (χ1n) is 15.8. The number of amides is 5. The van der Waals surface area contributed by atoms with Crippen LogP contribution in [0.15, 0.2) is 91.3 Å². The van der Waals surface area contributed by atoms with E-state index in [1.54, 1.807) is 34.4 Å². The fourth-order valence-electron chi connectivity index (χ4n) is 5.75. The molecule has 1 aliphatic heterocycles. The molecule has 3 heterocycles. The summed E-state index contributed by atoms with van der Waals surface area (Å²) < 4.78 is 0. The van der Waals surface area contributed by atoms with Crippen molar-refractivity contribution in [3.8, 4) is 33.6 Å². The highest BCUT2D eigenvalue weighted by molar-refractivity contribution is 5.89. The van der Waals surface area contributed by atoms with Crippen LogP contribution in [0.4, 0.5) is 15.5 Å². The minimum atomic E-state index is -0.800. The highest BCUT2D eigenvalue weighted by atomic mass is 16.2. The van der Waals surface area contributed by atoms with E-state index in [-0.39, 0.29) is 24.0 Å². The van der Waals surface area contributed by atoms with E-state index in [1.807, 2.05) is 65.7 Å². The van der Waals surface area contributed by atoms with E-state index in [0.29, 0.717) is 12.5 Å². The first-order valence-corrected chi connectivity index (χ1v) is 15.8. The summed E-state index contributed by atoms with van der Waals surface area (Å²) in [7, 11) is 6.65.